The van der Waals surface area contributed by atoms with Gasteiger partial charge in [0, 0.05) is 13.2 Å². The van der Waals surface area contributed by atoms with E-state index in [9.17, 15) is 4.39 Å². The summed E-state index contributed by atoms with van der Waals surface area (Å²) < 4.78 is 22.7. The first kappa shape index (κ1) is 9.99. The second-order valence-corrected chi connectivity index (χ2v) is 2.66. The first-order valence-electron chi connectivity index (χ1n) is 4.18. The van der Waals surface area contributed by atoms with Crippen molar-refractivity contribution in [3.05, 3.63) is 29.6 Å². The van der Waals surface area contributed by atoms with Gasteiger partial charge < -0.3 is 9.47 Å². The van der Waals surface area contributed by atoms with Gasteiger partial charge in [-0.15, -0.1) is 0 Å². The molecule has 0 N–H and O–H groups in total. The summed E-state index contributed by atoms with van der Waals surface area (Å²) in [5.41, 5.74) is 0.985. The number of hydrogen-bond acceptors (Lipinski definition) is 2. The number of halogens is 1. The monoisotopic (exact) mass is 184 g/mol. The molecule has 0 atom stereocenters. The van der Waals surface area contributed by atoms with Gasteiger partial charge in [0.2, 0.25) is 0 Å². The molecule has 0 bridgehead atoms. The minimum atomic E-state index is -0.289. The molecule has 0 aliphatic heterocycles. The number of rotatable bonds is 4. The lowest BCUT2D eigenvalue weighted by Crippen LogP contribution is -2.01. The fourth-order valence-corrected chi connectivity index (χ4v) is 1.08. The van der Waals surface area contributed by atoms with Crippen LogP contribution in [0.2, 0.25) is 0 Å². The van der Waals surface area contributed by atoms with Gasteiger partial charge in [0.25, 0.3) is 0 Å². The summed E-state index contributed by atoms with van der Waals surface area (Å²) in [6.07, 6.45) is 0.819. The van der Waals surface area contributed by atoms with Crippen LogP contribution in [0, 0.1) is 5.82 Å². The molecular formula is C10H13FO2. The van der Waals surface area contributed by atoms with Crippen LogP contribution in [0.3, 0.4) is 0 Å². The second-order valence-electron chi connectivity index (χ2n) is 2.66. The lowest BCUT2D eigenvalue weighted by atomic mass is 10.1. The van der Waals surface area contributed by atoms with Gasteiger partial charge in [0.15, 0.2) is 6.79 Å². The molecule has 0 aliphatic rings. The molecule has 1 rings (SSSR count). The summed E-state index contributed by atoms with van der Waals surface area (Å²) in [4.78, 5) is 0. The Hall–Kier alpha value is -1.09. The molecule has 0 spiro atoms. The SMILES string of the molecule is CCc1ccc(F)cc1OCOC. The lowest BCUT2D eigenvalue weighted by Gasteiger charge is -2.08. The summed E-state index contributed by atoms with van der Waals surface area (Å²) in [6.45, 7) is 2.14. The molecular weight excluding hydrogens is 171 g/mol. The maximum Gasteiger partial charge on any atom is 0.188 e. The zero-order valence-corrected chi connectivity index (χ0v) is 7.84. The highest BCUT2D eigenvalue weighted by molar-refractivity contribution is 5.33. The van der Waals surface area contributed by atoms with Crippen molar-refractivity contribution in [2.75, 3.05) is 13.9 Å². The van der Waals surface area contributed by atoms with Crippen LogP contribution in [0.4, 0.5) is 4.39 Å². The van der Waals surface area contributed by atoms with Crippen molar-refractivity contribution in [3.8, 4) is 5.75 Å². The van der Waals surface area contributed by atoms with E-state index in [2.05, 4.69) is 0 Å². The van der Waals surface area contributed by atoms with Crippen molar-refractivity contribution >= 4 is 0 Å². The van der Waals surface area contributed by atoms with Crippen molar-refractivity contribution in [2.24, 2.45) is 0 Å². The van der Waals surface area contributed by atoms with Gasteiger partial charge in [-0.3, -0.25) is 0 Å². The van der Waals surface area contributed by atoms with Crippen molar-refractivity contribution in [1.29, 1.82) is 0 Å². The Morgan fingerprint density at radius 1 is 1.38 bits per heavy atom. The smallest absolute Gasteiger partial charge is 0.188 e. The van der Waals surface area contributed by atoms with E-state index >= 15 is 0 Å². The van der Waals surface area contributed by atoms with Crippen molar-refractivity contribution in [2.45, 2.75) is 13.3 Å². The van der Waals surface area contributed by atoms with Gasteiger partial charge in [-0.2, -0.15) is 0 Å². The maximum absolute atomic E-state index is 12.8. The van der Waals surface area contributed by atoms with E-state index in [1.54, 1.807) is 6.07 Å². The Morgan fingerprint density at radius 2 is 2.15 bits per heavy atom. The molecule has 13 heavy (non-hydrogen) atoms. The third-order valence-corrected chi connectivity index (χ3v) is 1.74. The Bertz CT molecular complexity index is 274. The Morgan fingerprint density at radius 3 is 2.77 bits per heavy atom. The summed E-state index contributed by atoms with van der Waals surface area (Å²) in [7, 11) is 1.53. The Labute approximate surface area is 77.3 Å². The maximum atomic E-state index is 12.8. The van der Waals surface area contributed by atoms with Crippen LogP contribution in [0.25, 0.3) is 0 Å². The molecule has 0 unspecified atom stereocenters. The van der Waals surface area contributed by atoms with E-state index in [1.165, 1.54) is 19.2 Å². The fourth-order valence-electron chi connectivity index (χ4n) is 1.08. The minimum absolute atomic E-state index is 0.149. The number of aryl methyl sites for hydroxylation is 1. The van der Waals surface area contributed by atoms with Gasteiger partial charge in [-0.25, -0.2) is 4.39 Å². The van der Waals surface area contributed by atoms with Gasteiger partial charge in [-0.05, 0) is 18.1 Å². The third-order valence-electron chi connectivity index (χ3n) is 1.74. The number of ether oxygens (including phenoxy) is 2. The van der Waals surface area contributed by atoms with Crippen molar-refractivity contribution in [3.63, 3.8) is 0 Å². The number of benzene rings is 1. The standard InChI is InChI=1S/C10H13FO2/c1-3-8-4-5-9(11)6-10(8)13-7-12-2/h4-6H,3,7H2,1-2H3. The molecule has 0 heterocycles. The summed E-state index contributed by atoms with van der Waals surface area (Å²) in [6, 6.07) is 4.52. The number of hydrogen-bond donors (Lipinski definition) is 0. The minimum Gasteiger partial charge on any atom is -0.467 e. The molecule has 3 heteroatoms. The summed E-state index contributed by atoms with van der Waals surface area (Å²) in [5.74, 6) is 0.271. The van der Waals surface area contributed by atoms with Crippen LogP contribution in [-0.4, -0.2) is 13.9 Å². The predicted octanol–water partition coefficient (Wildman–Crippen LogP) is 2.37. The normalized spacial score (nSPS) is 10.1. The molecule has 0 aromatic heterocycles. The van der Waals surface area contributed by atoms with Crippen molar-refractivity contribution in [1.82, 2.24) is 0 Å². The molecule has 1 aromatic rings. The lowest BCUT2D eigenvalue weighted by molar-refractivity contribution is 0.0502. The molecule has 0 amide bonds. The van der Waals surface area contributed by atoms with E-state index in [-0.39, 0.29) is 12.6 Å². The van der Waals surface area contributed by atoms with Gasteiger partial charge >= 0.3 is 0 Å². The molecule has 0 radical (unpaired) electrons. The van der Waals surface area contributed by atoms with E-state index in [0.29, 0.717) is 5.75 Å². The van der Waals surface area contributed by atoms with Crippen LogP contribution in [0.5, 0.6) is 5.75 Å². The first-order valence-corrected chi connectivity index (χ1v) is 4.18. The quantitative estimate of drug-likeness (QED) is 0.669. The molecule has 0 saturated carbocycles. The van der Waals surface area contributed by atoms with Gasteiger partial charge in [0.1, 0.15) is 11.6 Å². The summed E-state index contributed by atoms with van der Waals surface area (Å²) in [5, 5.41) is 0. The van der Waals surface area contributed by atoms with E-state index in [4.69, 9.17) is 9.47 Å². The Kier molecular flexibility index (Phi) is 3.71. The van der Waals surface area contributed by atoms with E-state index in [1.807, 2.05) is 6.92 Å². The number of methoxy groups -OCH3 is 1. The summed E-state index contributed by atoms with van der Waals surface area (Å²) >= 11 is 0. The average molecular weight is 184 g/mol. The van der Waals surface area contributed by atoms with Crippen LogP contribution in [0.1, 0.15) is 12.5 Å². The van der Waals surface area contributed by atoms with E-state index in [0.717, 1.165) is 12.0 Å². The van der Waals surface area contributed by atoms with Crippen LogP contribution >= 0.6 is 0 Å². The van der Waals surface area contributed by atoms with Crippen LogP contribution < -0.4 is 4.74 Å². The highest BCUT2D eigenvalue weighted by Crippen LogP contribution is 2.20. The topological polar surface area (TPSA) is 18.5 Å². The Balaban J connectivity index is 2.81. The highest BCUT2D eigenvalue weighted by Gasteiger charge is 2.02. The first-order chi connectivity index (χ1) is 6.27. The van der Waals surface area contributed by atoms with Crippen LogP contribution in [0.15, 0.2) is 18.2 Å². The molecule has 2 nitrogen and oxygen atoms in total. The van der Waals surface area contributed by atoms with Gasteiger partial charge in [-0.1, -0.05) is 13.0 Å². The average Bonchev–Trinajstić information content (AvgIpc) is 2.15. The molecule has 0 fully saturated rings. The largest absolute Gasteiger partial charge is 0.467 e. The van der Waals surface area contributed by atoms with E-state index < -0.39 is 0 Å². The zero-order chi connectivity index (χ0) is 9.68. The molecule has 72 valence electrons. The van der Waals surface area contributed by atoms with Crippen LogP contribution in [-0.2, 0) is 11.2 Å². The highest BCUT2D eigenvalue weighted by atomic mass is 19.1. The zero-order valence-electron chi connectivity index (χ0n) is 7.84. The molecule has 1 aromatic carbocycles. The predicted molar refractivity (Wildman–Crippen MR) is 48.3 cm³/mol. The molecule has 0 saturated heterocycles. The second kappa shape index (κ2) is 4.82. The third kappa shape index (κ3) is 2.70. The van der Waals surface area contributed by atoms with Crippen molar-refractivity contribution < 1.29 is 13.9 Å². The van der Waals surface area contributed by atoms with Gasteiger partial charge in [0.05, 0.1) is 0 Å². The fraction of sp³-hybridized carbons (Fsp3) is 0.400. The molecule has 0 aliphatic carbocycles.